The lowest BCUT2D eigenvalue weighted by Gasteiger charge is -2.34. The Kier molecular flexibility index (Phi) is 5.41. The number of amides is 1. The minimum atomic E-state index is -0.879. The molecule has 0 radical (unpaired) electrons. The van der Waals surface area contributed by atoms with Crippen molar-refractivity contribution in [3.8, 4) is 23.0 Å². The molecule has 144 valence electrons. The summed E-state index contributed by atoms with van der Waals surface area (Å²) >= 11 is 0. The molecule has 7 heteroatoms. The molecular formula is C20H23NO6. The van der Waals surface area contributed by atoms with Gasteiger partial charge >= 0.3 is 0 Å². The maximum atomic E-state index is 13.1. The van der Waals surface area contributed by atoms with Gasteiger partial charge in [-0.05, 0) is 24.3 Å². The Morgan fingerprint density at radius 3 is 2.11 bits per heavy atom. The van der Waals surface area contributed by atoms with Crippen LogP contribution in [0.2, 0.25) is 0 Å². The van der Waals surface area contributed by atoms with Crippen LogP contribution in [-0.4, -0.2) is 50.9 Å². The number of rotatable bonds is 5. The zero-order valence-corrected chi connectivity index (χ0v) is 15.8. The molecule has 2 aromatic rings. The smallest absolute Gasteiger partial charge is 0.254 e. The highest BCUT2D eigenvalue weighted by atomic mass is 16.5. The van der Waals surface area contributed by atoms with Crippen LogP contribution in [-0.2, 0) is 6.54 Å². The highest BCUT2D eigenvalue weighted by Crippen LogP contribution is 2.39. The van der Waals surface area contributed by atoms with E-state index in [1.165, 1.54) is 14.2 Å². The van der Waals surface area contributed by atoms with Gasteiger partial charge in [0.05, 0.1) is 41.5 Å². The number of hydrogen-bond acceptors (Lipinski definition) is 6. The molecule has 0 aliphatic carbocycles. The number of ether oxygens (including phenoxy) is 4. The summed E-state index contributed by atoms with van der Waals surface area (Å²) in [6.45, 7) is 0.444. The van der Waals surface area contributed by atoms with Crippen molar-refractivity contribution in [2.45, 2.75) is 12.6 Å². The molecule has 1 heterocycles. The second kappa shape index (κ2) is 7.75. The summed E-state index contributed by atoms with van der Waals surface area (Å²) in [4.78, 5) is 14.6. The number of fused-ring (bicyclic) bond motifs is 1. The van der Waals surface area contributed by atoms with Gasteiger partial charge < -0.3 is 29.0 Å². The molecule has 1 aliphatic rings. The summed E-state index contributed by atoms with van der Waals surface area (Å²) in [6.07, 6.45) is -0.879. The summed E-state index contributed by atoms with van der Waals surface area (Å²) in [5.74, 6) is 1.99. The molecule has 1 amide bonds. The van der Waals surface area contributed by atoms with Crippen molar-refractivity contribution in [1.29, 1.82) is 0 Å². The van der Waals surface area contributed by atoms with Crippen LogP contribution in [0.5, 0.6) is 23.0 Å². The van der Waals surface area contributed by atoms with E-state index in [1.54, 1.807) is 49.5 Å². The van der Waals surface area contributed by atoms with E-state index in [9.17, 15) is 9.90 Å². The highest BCUT2D eigenvalue weighted by Gasteiger charge is 2.32. The van der Waals surface area contributed by atoms with Crippen molar-refractivity contribution in [2.75, 3.05) is 35.0 Å². The van der Waals surface area contributed by atoms with Gasteiger partial charge in [-0.1, -0.05) is 0 Å². The number of benzene rings is 2. The lowest BCUT2D eigenvalue weighted by Crippen LogP contribution is -2.38. The Morgan fingerprint density at radius 2 is 1.56 bits per heavy atom. The van der Waals surface area contributed by atoms with Gasteiger partial charge in [0.25, 0.3) is 5.91 Å². The third kappa shape index (κ3) is 3.50. The molecule has 7 nitrogen and oxygen atoms in total. The molecule has 1 N–H and O–H groups in total. The fourth-order valence-corrected chi connectivity index (χ4v) is 3.34. The maximum absolute atomic E-state index is 13.1. The molecule has 1 aliphatic heterocycles. The molecular weight excluding hydrogens is 350 g/mol. The van der Waals surface area contributed by atoms with Gasteiger partial charge in [-0.15, -0.1) is 0 Å². The number of methoxy groups -OCH3 is 4. The van der Waals surface area contributed by atoms with Crippen molar-refractivity contribution >= 4 is 5.91 Å². The van der Waals surface area contributed by atoms with Crippen LogP contribution >= 0.6 is 0 Å². The molecule has 0 aromatic heterocycles. The fourth-order valence-electron chi connectivity index (χ4n) is 3.34. The van der Waals surface area contributed by atoms with Crippen molar-refractivity contribution in [2.24, 2.45) is 0 Å². The number of carbonyl (C=O) groups excluding carboxylic acids is 1. The molecule has 0 spiro atoms. The number of carbonyl (C=O) groups is 1. The Hall–Kier alpha value is -2.93. The van der Waals surface area contributed by atoms with E-state index in [2.05, 4.69) is 0 Å². The van der Waals surface area contributed by atoms with Crippen LogP contribution in [0.1, 0.15) is 27.6 Å². The first-order valence-corrected chi connectivity index (χ1v) is 8.46. The largest absolute Gasteiger partial charge is 0.497 e. The number of aliphatic hydroxyl groups excluding tert-OH is 1. The van der Waals surface area contributed by atoms with Gasteiger partial charge in [0, 0.05) is 22.8 Å². The van der Waals surface area contributed by atoms with Crippen LogP contribution in [0.25, 0.3) is 0 Å². The maximum Gasteiger partial charge on any atom is 0.254 e. The van der Waals surface area contributed by atoms with Crippen molar-refractivity contribution < 1.29 is 28.8 Å². The minimum absolute atomic E-state index is 0.148. The molecule has 0 fully saturated rings. The normalized spacial score (nSPS) is 15.7. The number of β-amino-alcohol motifs (C(OH)–C–C–N with tert-alkyl or cyclic N) is 1. The average molecular weight is 373 g/mol. The van der Waals surface area contributed by atoms with E-state index < -0.39 is 6.10 Å². The Morgan fingerprint density at radius 1 is 0.963 bits per heavy atom. The van der Waals surface area contributed by atoms with E-state index >= 15 is 0 Å². The monoisotopic (exact) mass is 373 g/mol. The first-order valence-electron chi connectivity index (χ1n) is 8.46. The van der Waals surface area contributed by atoms with E-state index in [4.69, 9.17) is 18.9 Å². The molecule has 2 aromatic carbocycles. The van der Waals surface area contributed by atoms with E-state index in [0.717, 1.165) is 5.56 Å². The molecule has 3 rings (SSSR count). The van der Waals surface area contributed by atoms with Crippen molar-refractivity contribution in [3.63, 3.8) is 0 Å². The highest BCUT2D eigenvalue weighted by molar-refractivity contribution is 5.95. The lowest BCUT2D eigenvalue weighted by molar-refractivity contribution is 0.0538. The number of aliphatic hydroxyl groups is 1. The number of nitrogens with zero attached hydrogens (tertiary/aromatic N) is 1. The van der Waals surface area contributed by atoms with Gasteiger partial charge in [-0.25, -0.2) is 0 Å². The topological polar surface area (TPSA) is 77.5 Å². The zero-order chi connectivity index (χ0) is 19.6. The van der Waals surface area contributed by atoms with Gasteiger partial charge in [-0.2, -0.15) is 0 Å². The summed E-state index contributed by atoms with van der Waals surface area (Å²) in [5.41, 5.74) is 1.81. The Bertz CT molecular complexity index is 828. The third-order valence-corrected chi connectivity index (χ3v) is 4.68. The molecule has 1 unspecified atom stereocenters. The Labute approximate surface area is 158 Å². The average Bonchev–Trinajstić information content (AvgIpc) is 2.71. The lowest BCUT2D eigenvalue weighted by atomic mass is 9.94. The SMILES string of the molecule is COc1cc(OC)cc(C(=O)N2Cc3c(OC)ccc(OC)c3C(O)C2)c1. The Balaban J connectivity index is 1.98. The van der Waals surface area contributed by atoms with Gasteiger partial charge in [-0.3, -0.25) is 4.79 Å². The molecule has 27 heavy (non-hydrogen) atoms. The predicted molar refractivity (Wildman–Crippen MR) is 98.8 cm³/mol. The van der Waals surface area contributed by atoms with Crippen molar-refractivity contribution in [3.05, 3.63) is 47.0 Å². The van der Waals surface area contributed by atoms with E-state index in [0.29, 0.717) is 40.7 Å². The summed E-state index contributed by atoms with van der Waals surface area (Å²) < 4.78 is 21.3. The van der Waals surface area contributed by atoms with E-state index in [-0.39, 0.29) is 12.5 Å². The van der Waals surface area contributed by atoms with Crippen LogP contribution in [0.3, 0.4) is 0 Å². The first-order chi connectivity index (χ1) is 13.0. The van der Waals surface area contributed by atoms with Crippen LogP contribution in [0.15, 0.2) is 30.3 Å². The number of hydrogen-bond donors (Lipinski definition) is 1. The van der Waals surface area contributed by atoms with Crippen molar-refractivity contribution in [1.82, 2.24) is 4.90 Å². The van der Waals surface area contributed by atoms with Crippen LogP contribution < -0.4 is 18.9 Å². The second-order valence-electron chi connectivity index (χ2n) is 6.17. The summed E-state index contributed by atoms with van der Waals surface area (Å²) in [5, 5.41) is 10.7. The standard InChI is InChI=1S/C20H23NO6/c1-24-13-7-12(8-14(9-13)25-2)20(23)21-10-15-17(26-3)5-6-18(27-4)19(15)16(22)11-21/h5-9,16,22H,10-11H2,1-4H3. The zero-order valence-electron chi connectivity index (χ0n) is 15.8. The van der Waals surface area contributed by atoms with Gasteiger partial charge in [0.2, 0.25) is 0 Å². The predicted octanol–water partition coefficient (Wildman–Crippen LogP) is 2.41. The van der Waals surface area contributed by atoms with Gasteiger partial charge in [0.15, 0.2) is 0 Å². The molecule has 0 bridgehead atoms. The fraction of sp³-hybridized carbons (Fsp3) is 0.350. The van der Waals surface area contributed by atoms with Crippen LogP contribution in [0, 0.1) is 0 Å². The first kappa shape index (κ1) is 18.8. The molecule has 0 saturated heterocycles. The quantitative estimate of drug-likeness (QED) is 0.867. The second-order valence-corrected chi connectivity index (χ2v) is 6.17. The summed E-state index contributed by atoms with van der Waals surface area (Å²) in [7, 11) is 6.17. The van der Waals surface area contributed by atoms with E-state index in [1.807, 2.05) is 0 Å². The third-order valence-electron chi connectivity index (χ3n) is 4.68. The van der Waals surface area contributed by atoms with Crippen LogP contribution in [0.4, 0.5) is 0 Å². The summed E-state index contributed by atoms with van der Waals surface area (Å²) in [6, 6.07) is 8.52. The minimum Gasteiger partial charge on any atom is -0.497 e. The molecule has 0 saturated carbocycles. The molecule has 1 atom stereocenters. The van der Waals surface area contributed by atoms with Gasteiger partial charge in [0.1, 0.15) is 29.1 Å².